The van der Waals surface area contributed by atoms with Crippen LogP contribution in [-0.2, 0) is 9.59 Å². The van der Waals surface area contributed by atoms with Crippen molar-refractivity contribution in [1.82, 2.24) is 44.7 Å². The lowest BCUT2D eigenvalue weighted by molar-refractivity contribution is -0.136. The fourth-order valence-corrected chi connectivity index (χ4v) is 9.10. The van der Waals surface area contributed by atoms with Crippen LogP contribution in [0.4, 0.5) is 10.8 Å². The number of aromatic nitrogens is 5. The number of benzene rings is 1. The number of amides is 5. The van der Waals surface area contributed by atoms with Gasteiger partial charge in [-0.25, -0.2) is 9.97 Å². The molecule has 0 radical (unpaired) electrons. The molecule has 1 aromatic carbocycles. The molecule has 288 valence electrons. The number of hydrogen-bond donors (Lipinski definition) is 2. The maximum Gasteiger partial charge on any atom is 0.262 e. The van der Waals surface area contributed by atoms with E-state index in [-0.39, 0.29) is 29.9 Å². The van der Waals surface area contributed by atoms with E-state index in [4.69, 9.17) is 4.98 Å². The zero-order valence-electron chi connectivity index (χ0n) is 30.8. The smallest absolute Gasteiger partial charge is 0.262 e. The molecule has 3 saturated heterocycles. The van der Waals surface area contributed by atoms with Gasteiger partial charge in [0.05, 0.1) is 22.3 Å². The van der Waals surface area contributed by atoms with Gasteiger partial charge in [-0.3, -0.25) is 43.7 Å². The van der Waals surface area contributed by atoms with Gasteiger partial charge in [-0.05, 0) is 49.6 Å². The van der Waals surface area contributed by atoms with Crippen molar-refractivity contribution in [3.05, 3.63) is 77.2 Å². The number of nitrogens with one attached hydrogen (secondary N) is 2. The first-order chi connectivity index (χ1) is 27.7. The van der Waals surface area contributed by atoms with Gasteiger partial charge in [-0.1, -0.05) is 11.3 Å². The molecule has 0 spiro atoms. The highest BCUT2D eigenvalue weighted by atomic mass is 32.1. The molecule has 0 aliphatic carbocycles. The minimum absolute atomic E-state index is 0.0377. The van der Waals surface area contributed by atoms with Gasteiger partial charge in [-0.2, -0.15) is 5.26 Å². The molecule has 2 N–H and O–H groups in total. The van der Waals surface area contributed by atoms with E-state index >= 15 is 0 Å². The summed E-state index contributed by atoms with van der Waals surface area (Å²) in [6.07, 6.45) is 7.23. The molecule has 4 aliphatic heterocycles. The number of piperidine rings is 2. The second kappa shape index (κ2) is 14.5. The first kappa shape index (κ1) is 36.1. The lowest BCUT2D eigenvalue weighted by Gasteiger charge is -2.42. The van der Waals surface area contributed by atoms with Crippen LogP contribution in [0.1, 0.15) is 62.3 Å². The quantitative estimate of drug-likeness (QED) is 0.228. The Labute approximate surface area is 329 Å². The van der Waals surface area contributed by atoms with E-state index in [1.54, 1.807) is 29.4 Å². The van der Waals surface area contributed by atoms with Crippen molar-refractivity contribution in [2.45, 2.75) is 37.8 Å². The highest BCUT2D eigenvalue weighted by molar-refractivity contribution is 7.18. The molecule has 18 heteroatoms. The summed E-state index contributed by atoms with van der Waals surface area (Å²) in [6.45, 7) is 4.16. The number of piperazine rings is 1. The lowest BCUT2D eigenvalue weighted by atomic mass is 10.0. The van der Waals surface area contributed by atoms with E-state index in [0.29, 0.717) is 41.7 Å². The molecule has 3 fully saturated rings. The van der Waals surface area contributed by atoms with Gasteiger partial charge in [-0.15, -0.1) is 10.2 Å². The monoisotopic (exact) mass is 784 g/mol. The summed E-state index contributed by atoms with van der Waals surface area (Å²) in [5, 5.41) is 26.3. The second-order valence-electron chi connectivity index (χ2n) is 14.4. The molecule has 8 heterocycles. The van der Waals surface area contributed by atoms with Crippen LogP contribution >= 0.6 is 11.3 Å². The van der Waals surface area contributed by atoms with Crippen molar-refractivity contribution in [3.63, 3.8) is 0 Å². The van der Waals surface area contributed by atoms with Crippen LogP contribution in [0.25, 0.3) is 27.4 Å². The third kappa shape index (κ3) is 6.43. The lowest BCUT2D eigenvalue weighted by Crippen LogP contribution is -2.54. The minimum Gasteiger partial charge on any atom is -0.387 e. The first-order valence-electron chi connectivity index (χ1n) is 18.7. The number of carbonyl (C=O) groups excluding carboxylic acids is 5. The third-order valence-corrected chi connectivity index (χ3v) is 12.3. The maximum absolute atomic E-state index is 13.6. The van der Waals surface area contributed by atoms with Crippen LogP contribution in [0.2, 0.25) is 0 Å². The van der Waals surface area contributed by atoms with Gasteiger partial charge in [0.2, 0.25) is 16.9 Å². The van der Waals surface area contributed by atoms with E-state index in [9.17, 15) is 29.2 Å². The summed E-state index contributed by atoms with van der Waals surface area (Å²) >= 11 is 1.53. The number of nitrogens with zero attached hydrogens (tertiary/aromatic N) is 10. The summed E-state index contributed by atoms with van der Waals surface area (Å²) < 4.78 is 1.89. The Morgan fingerprint density at radius 3 is 2.44 bits per heavy atom. The van der Waals surface area contributed by atoms with Crippen molar-refractivity contribution in [2.75, 3.05) is 56.5 Å². The zero-order chi connectivity index (χ0) is 39.4. The Bertz CT molecular complexity index is 2530. The summed E-state index contributed by atoms with van der Waals surface area (Å²) in [5.41, 5.74) is 3.47. The van der Waals surface area contributed by atoms with Gasteiger partial charge >= 0.3 is 0 Å². The number of fused-ring (bicyclic) bond motifs is 2. The standard InChI is InChI=1S/C39H36N12O5S/c1-41-29-18-31(50-11-6-23-16-22(19-40)20-43-33(23)50)42-21-28(29)35-45-46-39(57-35)49-9-7-25(8-10-49)47-12-14-48(15-13-47)36(54)24-2-3-26-27(17-24)38(56)51(37(26)55)30-4-5-32(52)44-34(30)53/h2-3,6,11,16-18,20-21,25,30H,4-5,7-10,12-15H2,1H3,(H,41,42)(H,44,52,53). The Kier molecular flexibility index (Phi) is 9.17. The molecule has 0 bridgehead atoms. The molecule has 17 nitrogen and oxygen atoms in total. The summed E-state index contributed by atoms with van der Waals surface area (Å²) in [7, 11) is 1.86. The molecule has 5 amide bonds. The van der Waals surface area contributed by atoms with E-state index in [1.807, 2.05) is 29.9 Å². The summed E-state index contributed by atoms with van der Waals surface area (Å²) in [6, 6.07) is 11.6. The van der Waals surface area contributed by atoms with Crippen LogP contribution in [-0.4, -0.2) is 127 Å². The van der Waals surface area contributed by atoms with Gasteiger partial charge < -0.3 is 15.1 Å². The van der Waals surface area contributed by atoms with Crippen molar-refractivity contribution in [1.29, 1.82) is 5.26 Å². The zero-order valence-corrected chi connectivity index (χ0v) is 31.7. The van der Waals surface area contributed by atoms with Gasteiger partial charge in [0.25, 0.3) is 17.7 Å². The fraction of sp³-hybridized carbons (Fsp3) is 0.333. The number of imide groups is 2. The average molecular weight is 785 g/mol. The van der Waals surface area contributed by atoms with E-state index < -0.39 is 29.7 Å². The van der Waals surface area contributed by atoms with Crippen LogP contribution in [0.3, 0.4) is 0 Å². The molecule has 9 rings (SSSR count). The number of carbonyl (C=O) groups is 5. The molecule has 5 aromatic rings. The predicted molar refractivity (Wildman–Crippen MR) is 208 cm³/mol. The minimum atomic E-state index is -1.06. The second-order valence-corrected chi connectivity index (χ2v) is 15.4. The molecule has 57 heavy (non-hydrogen) atoms. The van der Waals surface area contributed by atoms with Crippen molar-refractivity contribution in [3.8, 4) is 22.5 Å². The first-order valence-corrected chi connectivity index (χ1v) is 19.6. The molecule has 4 aromatic heterocycles. The van der Waals surface area contributed by atoms with Crippen molar-refractivity contribution in [2.24, 2.45) is 0 Å². The highest BCUT2D eigenvalue weighted by Crippen LogP contribution is 2.36. The van der Waals surface area contributed by atoms with E-state index in [1.165, 1.54) is 23.5 Å². The van der Waals surface area contributed by atoms with Gasteiger partial charge in [0.1, 0.15) is 23.6 Å². The number of anilines is 2. The highest BCUT2D eigenvalue weighted by Gasteiger charge is 2.45. The predicted octanol–water partition coefficient (Wildman–Crippen LogP) is 2.68. The SMILES string of the molecule is CNc1cc(-n2ccc3cc(C#N)cnc32)ncc1-c1nnc(N2CCC(N3CCN(C(=O)c4ccc5c(c4)C(=O)N(C4CCC(=O)NC4=O)C5=O)CC3)CC2)s1. The number of hydrogen-bond acceptors (Lipinski definition) is 14. The summed E-state index contributed by atoms with van der Waals surface area (Å²) in [4.78, 5) is 80.6. The molecule has 4 aliphatic rings. The number of nitriles is 1. The van der Waals surface area contributed by atoms with E-state index in [2.05, 4.69) is 41.7 Å². The molecule has 0 saturated carbocycles. The Morgan fingerprint density at radius 1 is 0.895 bits per heavy atom. The maximum atomic E-state index is 13.6. The van der Waals surface area contributed by atoms with Crippen LogP contribution in [0, 0.1) is 11.3 Å². The van der Waals surface area contributed by atoms with E-state index in [0.717, 1.165) is 70.7 Å². The van der Waals surface area contributed by atoms with Crippen molar-refractivity contribution >= 4 is 62.7 Å². The number of rotatable bonds is 7. The third-order valence-electron chi connectivity index (χ3n) is 11.2. The number of pyridine rings is 2. The Morgan fingerprint density at radius 2 is 1.68 bits per heavy atom. The largest absolute Gasteiger partial charge is 0.387 e. The summed E-state index contributed by atoms with van der Waals surface area (Å²) in [5.74, 6) is -1.87. The topological polar surface area (TPSA) is 203 Å². The van der Waals surface area contributed by atoms with Gasteiger partial charge in [0, 0.05) is 100 Å². The van der Waals surface area contributed by atoms with Crippen LogP contribution in [0.5, 0.6) is 0 Å². The molecule has 1 unspecified atom stereocenters. The van der Waals surface area contributed by atoms with Crippen LogP contribution < -0.4 is 15.5 Å². The van der Waals surface area contributed by atoms with Crippen LogP contribution in [0.15, 0.2) is 55.0 Å². The average Bonchev–Trinajstić information content (AvgIpc) is 3.97. The fourth-order valence-electron chi connectivity index (χ4n) is 8.17. The molecular weight excluding hydrogens is 749 g/mol. The molecular formula is C39H36N12O5S. The van der Waals surface area contributed by atoms with Gasteiger partial charge in [0.15, 0.2) is 5.01 Å². The Balaban J connectivity index is 0.796. The van der Waals surface area contributed by atoms with Crippen molar-refractivity contribution < 1.29 is 24.0 Å². The molecule has 1 atom stereocenters. The Hall–Kier alpha value is -6.58. The normalized spacial score (nSPS) is 19.2.